The molecule has 1 atom stereocenters. The van der Waals surface area contributed by atoms with E-state index in [2.05, 4.69) is 12.2 Å². The third-order valence-corrected chi connectivity index (χ3v) is 4.27. The highest BCUT2D eigenvalue weighted by molar-refractivity contribution is 5.75. The monoisotopic (exact) mass is 329 g/mol. The van der Waals surface area contributed by atoms with Gasteiger partial charge in [-0.1, -0.05) is 77.6 Å². The Morgan fingerprint density at radius 3 is 1.83 bits per heavy atom. The Bertz CT molecular complexity index is 259. The maximum absolute atomic E-state index is 11.5. The number of carbonyl (C=O) groups excluding carboxylic acids is 1. The van der Waals surface area contributed by atoms with Crippen LogP contribution >= 0.6 is 0 Å². The topological polar surface area (TPSA) is 69.6 Å². The summed E-state index contributed by atoms with van der Waals surface area (Å²) in [5.41, 5.74) is 0. The summed E-state index contributed by atoms with van der Waals surface area (Å²) in [6.45, 7) is 2.71. The molecule has 4 nitrogen and oxygen atoms in total. The minimum atomic E-state index is -0.771. The van der Waals surface area contributed by atoms with E-state index in [1.165, 1.54) is 70.6 Å². The van der Waals surface area contributed by atoms with E-state index in [0.29, 0.717) is 12.8 Å². The maximum atomic E-state index is 11.5. The minimum Gasteiger partial charge on any atom is -0.394 e. The van der Waals surface area contributed by atoms with Crippen molar-refractivity contribution >= 4 is 5.91 Å². The SMILES string of the molecule is CCCCCCCCCCCCCCNC(=O)CCC(O)CO. The second kappa shape index (κ2) is 17.7. The average molecular weight is 330 g/mol. The van der Waals surface area contributed by atoms with Gasteiger partial charge in [0.15, 0.2) is 0 Å². The third kappa shape index (κ3) is 17.6. The van der Waals surface area contributed by atoms with Gasteiger partial charge in [0.05, 0.1) is 12.7 Å². The smallest absolute Gasteiger partial charge is 0.220 e. The van der Waals surface area contributed by atoms with Crippen molar-refractivity contribution in [3.05, 3.63) is 0 Å². The van der Waals surface area contributed by atoms with Crippen LogP contribution in [0.15, 0.2) is 0 Å². The molecule has 0 heterocycles. The van der Waals surface area contributed by atoms with Gasteiger partial charge >= 0.3 is 0 Å². The standard InChI is InChI=1S/C19H39NO3/c1-2-3-4-5-6-7-8-9-10-11-12-13-16-20-19(23)15-14-18(22)17-21/h18,21-22H,2-17H2,1H3,(H,20,23). The Labute approximate surface area is 143 Å². The number of amides is 1. The normalized spacial score (nSPS) is 12.3. The Hall–Kier alpha value is -0.610. The number of unbranched alkanes of at least 4 members (excludes halogenated alkanes) is 11. The summed E-state index contributed by atoms with van der Waals surface area (Å²) in [4.78, 5) is 11.5. The van der Waals surface area contributed by atoms with Crippen LogP contribution < -0.4 is 5.32 Å². The van der Waals surface area contributed by atoms with E-state index in [-0.39, 0.29) is 12.5 Å². The van der Waals surface area contributed by atoms with E-state index in [1.54, 1.807) is 0 Å². The molecule has 0 aromatic carbocycles. The van der Waals surface area contributed by atoms with Crippen molar-refractivity contribution in [1.29, 1.82) is 0 Å². The molecule has 4 heteroatoms. The van der Waals surface area contributed by atoms with Gasteiger partial charge in [0.1, 0.15) is 0 Å². The van der Waals surface area contributed by atoms with Crippen molar-refractivity contribution in [3.63, 3.8) is 0 Å². The molecule has 0 aromatic rings. The van der Waals surface area contributed by atoms with Crippen LogP contribution in [0.3, 0.4) is 0 Å². The van der Waals surface area contributed by atoms with Crippen molar-refractivity contribution in [2.45, 2.75) is 103 Å². The highest BCUT2D eigenvalue weighted by Crippen LogP contribution is 2.11. The van der Waals surface area contributed by atoms with E-state index in [0.717, 1.165) is 13.0 Å². The Morgan fingerprint density at radius 2 is 1.35 bits per heavy atom. The lowest BCUT2D eigenvalue weighted by Gasteiger charge is -2.08. The van der Waals surface area contributed by atoms with Gasteiger partial charge in [-0.25, -0.2) is 0 Å². The van der Waals surface area contributed by atoms with E-state index in [4.69, 9.17) is 10.2 Å². The van der Waals surface area contributed by atoms with Gasteiger partial charge in [-0.05, 0) is 12.8 Å². The molecule has 0 spiro atoms. The van der Waals surface area contributed by atoms with Crippen LogP contribution in [-0.4, -0.2) is 35.4 Å². The van der Waals surface area contributed by atoms with Crippen LogP contribution in [0.1, 0.15) is 96.8 Å². The van der Waals surface area contributed by atoms with E-state index < -0.39 is 6.10 Å². The first-order chi connectivity index (χ1) is 11.2. The van der Waals surface area contributed by atoms with Gasteiger partial charge in [0.25, 0.3) is 0 Å². The number of aliphatic hydroxyl groups is 2. The van der Waals surface area contributed by atoms with E-state index >= 15 is 0 Å². The predicted molar refractivity (Wildman–Crippen MR) is 96.4 cm³/mol. The average Bonchev–Trinajstić information content (AvgIpc) is 2.56. The van der Waals surface area contributed by atoms with Crippen LogP contribution in [0.4, 0.5) is 0 Å². The first-order valence-electron chi connectivity index (χ1n) is 9.76. The van der Waals surface area contributed by atoms with Crippen molar-refractivity contribution in [1.82, 2.24) is 5.32 Å². The number of hydrogen-bond donors (Lipinski definition) is 3. The number of nitrogens with one attached hydrogen (secondary N) is 1. The quantitative estimate of drug-likeness (QED) is 0.354. The molecule has 0 bridgehead atoms. The number of carbonyl (C=O) groups is 1. The second-order valence-corrected chi connectivity index (χ2v) is 6.61. The minimum absolute atomic E-state index is 0.0272. The van der Waals surface area contributed by atoms with E-state index in [9.17, 15) is 4.79 Å². The number of aliphatic hydroxyl groups excluding tert-OH is 2. The van der Waals surface area contributed by atoms with Crippen molar-refractivity contribution in [2.75, 3.05) is 13.2 Å². The lowest BCUT2D eigenvalue weighted by Crippen LogP contribution is -2.26. The van der Waals surface area contributed by atoms with Crippen LogP contribution in [0.2, 0.25) is 0 Å². The highest BCUT2D eigenvalue weighted by Gasteiger charge is 2.06. The highest BCUT2D eigenvalue weighted by atomic mass is 16.3. The van der Waals surface area contributed by atoms with Crippen LogP contribution in [0.25, 0.3) is 0 Å². The van der Waals surface area contributed by atoms with Crippen molar-refractivity contribution < 1.29 is 15.0 Å². The molecule has 0 saturated heterocycles. The van der Waals surface area contributed by atoms with Crippen LogP contribution in [0, 0.1) is 0 Å². The first kappa shape index (κ1) is 22.4. The zero-order valence-corrected chi connectivity index (χ0v) is 15.2. The van der Waals surface area contributed by atoms with Gasteiger partial charge in [0, 0.05) is 13.0 Å². The molecule has 3 N–H and O–H groups in total. The third-order valence-electron chi connectivity index (χ3n) is 4.27. The van der Waals surface area contributed by atoms with Gasteiger partial charge in [-0.15, -0.1) is 0 Å². The summed E-state index contributed by atoms with van der Waals surface area (Å²) in [6.07, 6.45) is 15.7. The van der Waals surface area contributed by atoms with E-state index in [1.807, 2.05) is 0 Å². The van der Waals surface area contributed by atoms with Crippen LogP contribution in [0.5, 0.6) is 0 Å². The lowest BCUT2D eigenvalue weighted by molar-refractivity contribution is -0.121. The van der Waals surface area contributed by atoms with Gasteiger partial charge < -0.3 is 15.5 Å². The fourth-order valence-corrected chi connectivity index (χ4v) is 2.67. The summed E-state index contributed by atoms with van der Waals surface area (Å²) in [7, 11) is 0. The maximum Gasteiger partial charge on any atom is 0.220 e. The summed E-state index contributed by atoms with van der Waals surface area (Å²) in [5, 5.41) is 20.7. The molecule has 0 radical (unpaired) electrons. The number of hydrogen-bond acceptors (Lipinski definition) is 3. The predicted octanol–water partition coefficient (Wildman–Crippen LogP) is 3.94. The molecule has 23 heavy (non-hydrogen) atoms. The molecule has 0 aliphatic carbocycles. The molecule has 0 aliphatic heterocycles. The first-order valence-corrected chi connectivity index (χ1v) is 9.76. The molecule has 0 aromatic heterocycles. The molecule has 0 rings (SSSR count). The summed E-state index contributed by atoms with van der Waals surface area (Å²) in [6, 6.07) is 0. The fraction of sp³-hybridized carbons (Fsp3) is 0.947. The van der Waals surface area contributed by atoms with Gasteiger partial charge in [0.2, 0.25) is 5.91 Å². The number of rotatable bonds is 17. The zero-order chi connectivity index (χ0) is 17.2. The summed E-state index contributed by atoms with van der Waals surface area (Å²) < 4.78 is 0. The van der Waals surface area contributed by atoms with Crippen LogP contribution in [-0.2, 0) is 4.79 Å². The molecule has 1 unspecified atom stereocenters. The molecular formula is C19H39NO3. The Balaban J connectivity index is 3.14. The van der Waals surface area contributed by atoms with Crippen molar-refractivity contribution in [3.8, 4) is 0 Å². The second-order valence-electron chi connectivity index (χ2n) is 6.61. The molecular weight excluding hydrogens is 290 g/mol. The molecule has 0 aliphatic rings. The fourth-order valence-electron chi connectivity index (χ4n) is 2.67. The molecule has 1 amide bonds. The summed E-state index contributed by atoms with van der Waals surface area (Å²) in [5.74, 6) is -0.0272. The summed E-state index contributed by atoms with van der Waals surface area (Å²) >= 11 is 0. The van der Waals surface area contributed by atoms with Gasteiger partial charge in [-0.3, -0.25) is 4.79 Å². The molecule has 138 valence electrons. The Morgan fingerprint density at radius 1 is 0.870 bits per heavy atom. The lowest BCUT2D eigenvalue weighted by atomic mass is 10.1. The van der Waals surface area contributed by atoms with Crippen molar-refractivity contribution in [2.24, 2.45) is 0 Å². The largest absolute Gasteiger partial charge is 0.394 e. The van der Waals surface area contributed by atoms with Gasteiger partial charge in [-0.2, -0.15) is 0 Å². The molecule has 0 fully saturated rings. The Kier molecular flexibility index (Phi) is 17.3. The zero-order valence-electron chi connectivity index (χ0n) is 15.2. The molecule has 0 saturated carbocycles.